The van der Waals surface area contributed by atoms with Crippen LogP contribution >= 0.6 is 0 Å². The zero-order valence-corrected chi connectivity index (χ0v) is 18.8. The van der Waals surface area contributed by atoms with Gasteiger partial charge in [-0.3, -0.25) is 4.79 Å². The summed E-state index contributed by atoms with van der Waals surface area (Å²) in [5, 5.41) is 13.3. The molecule has 2 aromatic heterocycles. The predicted molar refractivity (Wildman–Crippen MR) is 127 cm³/mol. The molecule has 0 amide bonds. The molecule has 0 saturated heterocycles. The van der Waals surface area contributed by atoms with Crippen molar-refractivity contribution in [3.05, 3.63) is 87.2 Å². The zero-order valence-electron chi connectivity index (χ0n) is 18.8. The van der Waals surface area contributed by atoms with Gasteiger partial charge in [0.25, 0.3) is 0 Å². The number of ether oxygens (including phenoxy) is 1. The van der Waals surface area contributed by atoms with E-state index in [1.54, 1.807) is 19.1 Å². The van der Waals surface area contributed by atoms with Crippen LogP contribution in [-0.4, -0.2) is 23.2 Å². The van der Waals surface area contributed by atoms with Gasteiger partial charge in [-0.05, 0) is 38.5 Å². The van der Waals surface area contributed by atoms with E-state index in [9.17, 15) is 14.7 Å². The molecule has 0 aliphatic carbocycles. The van der Waals surface area contributed by atoms with Gasteiger partial charge in [-0.15, -0.1) is 0 Å². The van der Waals surface area contributed by atoms with Crippen molar-refractivity contribution in [2.75, 3.05) is 12.4 Å². The first kappa shape index (κ1) is 22.1. The number of hydrogen-bond acceptors (Lipinski definition) is 6. The van der Waals surface area contributed by atoms with Crippen molar-refractivity contribution in [2.45, 2.75) is 26.8 Å². The summed E-state index contributed by atoms with van der Waals surface area (Å²) >= 11 is 0. The van der Waals surface area contributed by atoms with Crippen LogP contribution in [0, 0.1) is 13.8 Å². The highest BCUT2D eigenvalue weighted by Crippen LogP contribution is 2.32. The zero-order chi connectivity index (χ0) is 23.7. The molecular formula is C26H24N2O5. The maximum absolute atomic E-state index is 13.2. The third-order valence-corrected chi connectivity index (χ3v) is 5.55. The lowest BCUT2D eigenvalue weighted by Gasteiger charge is -2.20. The van der Waals surface area contributed by atoms with Crippen molar-refractivity contribution in [3.8, 4) is 17.2 Å². The summed E-state index contributed by atoms with van der Waals surface area (Å²) in [5.74, 6) is -0.449. The third-order valence-electron chi connectivity index (χ3n) is 5.55. The number of aromatic carboxylic acids is 1. The second-order valence-electron chi connectivity index (χ2n) is 7.90. The maximum Gasteiger partial charge on any atom is 0.356 e. The van der Waals surface area contributed by atoms with Crippen molar-refractivity contribution in [3.63, 3.8) is 0 Å². The Labute approximate surface area is 190 Å². The second kappa shape index (κ2) is 8.78. The Bertz CT molecular complexity index is 1410. The molecule has 4 aromatic rings. The summed E-state index contributed by atoms with van der Waals surface area (Å²) in [5.41, 5.74) is 3.55. The van der Waals surface area contributed by atoms with E-state index in [0.29, 0.717) is 28.0 Å². The average Bonchev–Trinajstić information content (AvgIpc) is 2.81. The minimum absolute atomic E-state index is 0.0930. The lowest BCUT2D eigenvalue weighted by Crippen LogP contribution is -2.15. The molecule has 7 nitrogen and oxygen atoms in total. The fourth-order valence-electron chi connectivity index (χ4n) is 3.90. The first-order chi connectivity index (χ1) is 15.8. The molecule has 2 N–H and O–H groups in total. The number of benzene rings is 2. The van der Waals surface area contributed by atoms with E-state index >= 15 is 0 Å². The van der Waals surface area contributed by atoms with Gasteiger partial charge in [-0.1, -0.05) is 36.4 Å². The number of methoxy groups -OCH3 is 1. The molecule has 0 unspecified atom stereocenters. The lowest BCUT2D eigenvalue weighted by molar-refractivity contribution is 0.0690. The normalized spacial score (nSPS) is 11.9. The average molecular weight is 444 g/mol. The largest absolute Gasteiger partial charge is 0.481 e. The van der Waals surface area contributed by atoms with Crippen molar-refractivity contribution in [1.82, 2.24) is 4.98 Å². The summed E-state index contributed by atoms with van der Waals surface area (Å²) in [6.07, 6.45) is 0. The Balaban J connectivity index is 1.87. The van der Waals surface area contributed by atoms with E-state index in [2.05, 4.69) is 10.3 Å². The van der Waals surface area contributed by atoms with E-state index in [0.717, 1.165) is 16.7 Å². The van der Waals surface area contributed by atoms with Gasteiger partial charge in [0, 0.05) is 22.8 Å². The quantitative estimate of drug-likeness (QED) is 0.413. The Kier molecular flexibility index (Phi) is 5.87. The molecule has 33 heavy (non-hydrogen) atoms. The summed E-state index contributed by atoms with van der Waals surface area (Å²) in [6, 6.07) is 16.1. The number of anilines is 1. The van der Waals surface area contributed by atoms with Crippen LogP contribution in [0.4, 0.5) is 5.69 Å². The van der Waals surface area contributed by atoms with E-state index in [-0.39, 0.29) is 23.0 Å². The molecule has 0 saturated carbocycles. The summed E-state index contributed by atoms with van der Waals surface area (Å²) in [7, 11) is 1.43. The van der Waals surface area contributed by atoms with Gasteiger partial charge in [0.05, 0.1) is 24.2 Å². The Morgan fingerprint density at radius 3 is 2.52 bits per heavy atom. The number of hydrogen-bond donors (Lipinski definition) is 2. The topological polar surface area (TPSA) is 102 Å². The Morgan fingerprint density at radius 1 is 1.12 bits per heavy atom. The van der Waals surface area contributed by atoms with Crippen LogP contribution in [0.15, 0.2) is 63.8 Å². The van der Waals surface area contributed by atoms with Crippen LogP contribution in [0.2, 0.25) is 0 Å². The number of pyridine rings is 1. The number of nitrogens with one attached hydrogen (secondary N) is 1. The number of carbonyl (C=O) groups is 1. The maximum atomic E-state index is 13.2. The van der Waals surface area contributed by atoms with Crippen LogP contribution in [0.3, 0.4) is 0 Å². The van der Waals surface area contributed by atoms with Gasteiger partial charge >= 0.3 is 5.97 Å². The van der Waals surface area contributed by atoms with Crippen molar-refractivity contribution in [1.29, 1.82) is 0 Å². The first-order valence-electron chi connectivity index (χ1n) is 10.5. The van der Waals surface area contributed by atoms with E-state index in [4.69, 9.17) is 9.15 Å². The molecule has 7 heteroatoms. The minimum atomic E-state index is -1.17. The minimum Gasteiger partial charge on any atom is -0.481 e. The van der Waals surface area contributed by atoms with E-state index in [1.807, 2.05) is 56.3 Å². The molecule has 1 atom stereocenters. The smallest absolute Gasteiger partial charge is 0.356 e. The van der Waals surface area contributed by atoms with Crippen molar-refractivity contribution >= 4 is 22.6 Å². The molecule has 4 rings (SSSR count). The molecule has 0 aliphatic rings. The third kappa shape index (κ3) is 4.17. The van der Waals surface area contributed by atoms with Crippen molar-refractivity contribution < 1.29 is 19.1 Å². The molecule has 168 valence electrons. The molecule has 2 aromatic carbocycles. The van der Waals surface area contributed by atoms with Crippen LogP contribution < -0.4 is 15.5 Å². The fraction of sp³-hybridized carbons (Fsp3) is 0.192. The lowest BCUT2D eigenvalue weighted by atomic mass is 9.98. The fourth-order valence-corrected chi connectivity index (χ4v) is 3.90. The number of fused-ring (bicyclic) bond motifs is 1. The number of aryl methyl sites for hydroxylation is 1. The van der Waals surface area contributed by atoms with Gasteiger partial charge < -0.3 is 19.6 Å². The van der Waals surface area contributed by atoms with Crippen molar-refractivity contribution in [2.24, 2.45) is 0 Å². The number of rotatable bonds is 6. The molecule has 0 bridgehead atoms. The predicted octanol–water partition coefficient (Wildman–Crippen LogP) is 5.35. The highest BCUT2D eigenvalue weighted by atomic mass is 16.5. The van der Waals surface area contributed by atoms with E-state index in [1.165, 1.54) is 7.11 Å². The molecular weight excluding hydrogens is 420 g/mol. The summed E-state index contributed by atoms with van der Waals surface area (Å²) in [4.78, 5) is 29.0. The van der Waals surface area contributed by atoms with Crippen LogP contribution in [0.1, 0.15) is 40.1 Å². The highest BCUT2D eigenvalue weighted by molar-refractivity contribution is 5.92. The van der Waals surface area contributed by atoms with Gasteiger partial charge in [0.1, 0.15) is 11.3 Å². The number of aromatic nitrogens is 1. The van der Waals surface area contributed by atoms with Gasteiger partial charge in [0.15, 0.2) is 11.1 Å². The van der Waals surface area contributed by atoms with Gasteiger partial charge in [-0.2, -0.15) is 0 Å². The molecule has 0 fully saturated rings. The van der Waals surface area contributed by atoms with Crippen LogP contribution in [0.5, 0.6) is 5.88 Å². The first-order valence-corrected chi connectivity index (χ1v) is 10.5. The summed E-state index contributed by atoms with van der Waals surface area (Å²) in [6.45, 7) is 5.55. The Morgan fingerprint density at radius 2 is 1.85 bits per heavy atom. The SMILES string of the molecule is COc1ccc(N[C@H](C)c2cc(C)cc3c(=O)c(C)c(-c4ccccc4)oc23)c(C(=O)O)n1. The van der Waals surface area contributed by atoms with Crippen LogP contribution in [-0.2, 0) is 0 Å². The van der Waals surface area contributed by atoms with Gasteiger partial charge in [0.2, 0.25) is 5.88 Å². The molecule has 0 spiro atoms. The van der Waals surface area contributed by atoms with Crippen LogP contribution in [0.25, 0.3) is 22.3 Å². The molecule has 0 radical (unpaired) electrons. The summed E-state index contributed by atoms with van der Waals surface area (Å²) < 4.78 is 11.4. The standard InChI is InChI=1S/C26H24N2O5/c1-14-12-18(16(3)27-20-10-11-21(32-4)28-22(20)26(30)31)25-19(13-14)23(29)15(2)24(33-25)17-8-6-5-7-9-17/h5-13,16,27H,1-4H3,(H,30,31)/t16-/m1/s1. The molecule has 2 heterocycles. The number of carboxylic acid groups (broad SMARTS) is 1. The number of nitrogens with zero attached hydrogens (tertiary/aromatic N) is 1. The van der Waals surface area contributed by atoms with E-state index < -0.39 is 5.97 Å². The second-order valence-corrected chi connectivity index (χ2v) is 7.90. The Hall–Kier alpha value is -4.13. The number of carboxylic acids is 1. The monoisotopic (exact) mass is 444 g/mol. The molecule has 0 aliphatic heterocycles. The highest BCUT2D eigenvalue weighted by Gasteiger charge is 2.21. The van der Waals surface area contributed by atoms with Gasteiger partial charge in [-0.25, -0.2) is 9.78 Å².